The summed E-state index contributed by atoms with van der Waals surface area (Å²) < 4.78 is 12.3. The van der Waals surface area contributed by atoms with E-state index in [1.807, 2.05) is 30.3 Å². The van der Waals surface area contributed by atoms with E-state index >= 15 is 0 Å². The highest BCUT2D eigenvalue weighted by molar-refractivity contribution is 5.47. The maximum atomic E-state index is 6.18. The summed E-state index contributed by atoms with van der Waals surface area (Å²) in [6.45, 7) is 6.29. The molecule has 0 saturated carbocycles. The van der Waals surface area contributed by atoms with Gasteiger partial charge in [0.2, 0.25) is 0 Å². The number of nitrogens with zero attached hydrogens (tertiary/aromatic N) is 2. The molecule has 0 aliphatic carbocycles. The first kappa shape index (κ1) is 20.0. The van der Waals surface area contributed by atoms with E-state index in [1.165, 1.54) is 17.5 Å². The van der Waals surface area contributed by atoms with Crippen LogP contribution in [0.1, 0.15) is 27.8 Å². The molecule has 0 radical (unpaired) electrons. The van der Waals surface area contributed by atoms with E-state index in [2.05, 4.69) is 55.2 Å². The lowest BCUT2D eigenvalue weighted by Crippen LogP contribution is -2.18. The zero-order chi connectivity index (χ0) is 20.8. The highest BCUT2D eigenvalue weighted by Crippen LogP contribution is 2.31. The molecule has 1 aliphatic rings. The smallest absolute Gasteiger partial charge is 0.198 e. The largest absolute Gasteiger partial charge is 0.485 e. The Balaban J connectivity index is 1.50. The first-order valence-electron chi connectivity index (χ1n) is 10.1. The average molecular weight is 402 g/mol. The van der Waals surface area contributed by atoms with Crippen molar-refractivity contribution in [3.05, 3.63) is 94.5 Å². The molecule has 3 aromatic carbocycles. The number of hydroxylamine groups is 2. The van der Waals surface area contributed by atoms with E-state index in [4.69, 9.17) is 14.3 Å². The Morgan fingerprint density at radius 2 is 1.47 bits per heavy atom. The van der Waals surface area contributed by atoms with Gasteiger partial charge in [-0.1, -0.05) is 65.7 Å². The van der Waals surface area contributed by atoms with Crippen molar-refractivity contribution in [2.75, 3.05) is 6.67 Å². The summed E-state index contributed by atoms with van der Waals surface area (Å²) in [5.41, 5.74) is 5.76. The minimum absolute atomic E-state index is 0.481. The average Bonchev–Trinajstić information content (AvgIpc) is 3.25. The summed E-state index contributed by atoms with van der Waals surface area (Å²) in [7, 11) is 0. The van der Waals surface area contributed by atoms with Crippen molar-refractivity contribution in [3.63, 3.8) is 0 Å². The molecule has 0 fully saturated rings. The molecule has 0 bridgehead atoms. The maximum absolute atomic E-state index is 6.18. The van der Waals surface area contributed by atoms with Gasteiger partial charge >= 0.3 is 0 Å². The van der Waals surface area contributed by atoms with Crippen molar-refractivity contribution in [2.24, 2.45) is 4.99 Å². The predicted molar refractivity (Wildman–Crippen MR) is 117 cm³/mol. The van der Waals surface area contributed by atoms with Gasteiger partial charge in [0, 0.05) is 0 Å². The zero-order valence-corrected chi connectivity index (χ0v) is 17.4. The maximum Gasteiger partial charge on any atom is 0.198 e. The molecule has 0 amide bonds. The number of hydrogen-bond acceptors (Lipinski definition) is 5. The van der Waals surface area contributed by atoms with Crippen molar-refractivity contribution in [1.29, 1.82) is 0 Å². The van der Waals surface area contributed by atoms with E-state index < -0.39 is 0 Å². The first-order valence-corrected chi connectivity index (χ1v) is 10.1. The minimum atomic E-state index is 0.481. The van der Waals surface area contributed by atoms with E-state index in [0.29, 0.717) is 26.4 Å². The quantitative estimate of drug-likeness (QED) is 0.520. The van der Waals surface area contributed by atoms with Crippen molar-refractivity contribution >= 4 is 6.40 Å². The molecule has 1 heterocycles. The lowest BCUT2D eigenvalue weighted by molar-refractivity contribution is -0.0519. The van der Waals surface area contributed by atoms with Crippen LogP contribution in [0.5, 0.6) is 11.5 Å². The number of benzene rings is 3. The SMILES string of the molecule is Cc1cccc(COc2ccc(CN3CN=CO3)cc2OCc2cccc(C)c2)c1. The molecule has 3 aromatic rings. The van der Waals surface area contributed by atoms with Crippen LogP contribution in [-0.2, 0) is 24.6 Å². The Hall–Kier alpha value is -3.31. The molecule has 30 heavy (non-hydrogen) atoms. The third-order valence-electron chi connectivity index (χ3n) is 4.83. The summed E-state index contributed by atoms with van der Waals surface area (Å²) in [6.07, 6.45) is 1.47. The van der Waals surface area contributed by atoms with Crippen molar-refractivity contribution in [3.8, 4) is 11.5 Å². The van der Waals surface area contributed by atoms with Gasteiger partial charge in [-0.25, -0.2) is 4.99 Å². The van der Waals surface area contributed by atoms with Crippen LogP contribution in [-0.4, -0.2) is 18.1 Å². The summed E-state index contributed by atoms with van der Waals surface area (Å²) >= 11 is 0. The molecule has 0 saturated heterocycles. The fourth-order valence-electron chi connectivity index (χ4n) is 3.36. The minimum Gasteiger partial charge on any atom is -0.485 e. The second-order valence-electron chi connectivity index (χ2n) is 7.51. The second kappa shape index (κ2) is 9.46. The van der Waals surface area contributed by atoms with Crippen LogP contribution in [0.3, 0.4) is 0 Å². The fourth-order valence-corrected chi connectivity index (χ4v) is 3.36. The third kappa shape index (κ3) is 5.39. The van der Waals surface area contributed by atoms with Gasteiger partial charge in [0.25, 0.3) is 0 Å². The highest BCUT2D eigenvalue weighted by Gasteiger charge is 2.13. The Bertz CT molecular complexity index is 1020. The van der Waals surface area contributed by atoms with Crippen LogP contribution in [0.2, 0.25) is 0 Å². The molecule has 5 heteroatoms. The van der Waals surface area contributed by atoms with Gasteiger partial charge in [0.15, 0.2) is 17.9 Å². The topological polar surface area (TPSA) is 43.3 Å². The standard InChI is InChI=1S/C25H26N2O3/c1-19-5-3-7-22(11-19)15-28-24-10-9-21(14-27-17-26-18-30-27)13-25(24)29-16-23-8-4-6-20(2)12-23/h3-13,18H,14-17H2,1-2H3. The van der Waals surface area contributed by atoms with E-state index in [0.717, 1.165) is 28.2 Å². The van der Waals surface area contributed by atoms with Crippen LogP contribution in [0, 0.1) is 13.8 Å². The van der Waals surface area contributed by atoms with Crippen LogP contribution in [0.4, 0.5) is 0 Å². The van der Waals surface area contributed by atoms with Gasteiger partial charge in [0.05, 0.1) is 6.54 Å². The zero-order valence-electron chi connectivity index (χ0n) is 17.4. The number of hydrogen-bond donors (Lipinski definition) is 0. The Kier molecular flexibility index (Phi) is 6.30. The monoisotopic (exact) mass is 402 g/mol. The van der Waals surface area contributed by atoms with E-state index in [-0.39, 0.29) is 0 Å². The normalized spacial score (nSPS) is 13.3. The number of rotatable bonds is 8. The molecule has 5 nitrogen and oxygen atoms in total. The number of aryl methyl sites for hydroxylation is 2. The summed E-state index contributed by atoms with van der Waals surface area (Å²) in [5.74, 6) is 1.45. The molecule has 0 unspecified atom stereocenters. The first-order chi connectivity index (χ1) is 14.7. The molecule has 0 atom stereocenters. The Morgan fingerprint density at radius 1 is 0.800 bits per heavy atom. The summed E-state index contributed by atoms with van der Waals surface area (Å²) in [6, 6.07) is 22.7. The molecule has 0 N–H and O–H groups in total. The molecule has 1 aliphatic heterocycles. The van der Waals surface area contributed by atoms with Gasteiger partial charge in [-0.3, -0.25) is 0 Å². The fraction of sp³-hybridized carbons (Fsp3) is 0.240. The third-order valence-corrected chi connectivity index (χ3v) is 4.83. The Morgan fingerprint density at radius 3 is 2.07 bits per heavy atom. The van der Waals surface area contributed by atoms with E-state index in [9.17, 15) is 0 Å². The van der Waals surface area contributed by atoms with Crippen LogP contribution >= 0.6 is 0 Å². The van der Waals surface area contributed by atoms with Gasteiger partial charge in [-0.2, -0.15) is 0 Å². The highest BCUT2D eigenvalue weighted by atomic mass is 16.7. The van der Waals surface area contributed by atoms with E-state index in [1.54, 1.807) is 5.06 Å². The van der Waals surface area contributed by atoms with Gasteiger partial charge in [-0.05, 0) is 42.7 Å². The lowest BCUT2D eigenvalue weighted by atomic mass is 10.1. The summed E-state index contributed by atoms with van der Waals surface area (Å²) in [4.78, 5) is 9.43. The van der Waals surface area contributed by atoms with Gasteiger partial charge < -0.3 is 14.3 Å². The molecule has 154 valence electrons. The second-order valence-corrected chi connectivity index (χ2v) is 7.51. The molecule has 4 rings (SSSR count). The Labute approximate surface area is 177 Å². The van der Waals surface area contributed by atoms with Crippen LogP contribution in [0.25, 0.3) is 0 Å². The summed E-state index contributed by atoms with van der Waals surface area (Å²) in [5, 5.41) is 1.78. The van der Waals surface area contributed by atoms with Gasteiger partial charge in [-0.15, -0.1) is 5.06 Å². The van der Waals surface area contributed by atoms with Gasteiger partial charge in [0.1, 0.15) is 19.9 Å². The van der Waals surface area contributed by atoms with Crippen LogP contribution in [0.15, 0.2) is 71.7 Å². The van der Waals surface area contributed by atoms with Crippen molar-refractivity contribution < 1.29 is 14.3 Å². The number of ether oxygens (including phenoxy) is 2. The molecular formula is C25H26N2O3. The molecule has 0 spiro atoms. The predicted octanol–water partition coefficient (Wildman–Crippen LogP) is 5.19. The van der Waals surface area contributed by atoms with Crippen molar-refractivity contribution in [1.82, 2.24) is 5.06 Å². The lowest BCUT2D eigenvalue weighted by Gasteiger charge is -2.17. The number of aliphatic imine (C=N–C) groups is 1. The van der Waals surface area contributed by atoms with Crippen molar-refractivity contribution in [2.45, 2.75) is 33.6 Å². The van der Waals surface area contributed by atoms with Crippen LogP contribution < -0.4 is 9.47 Å². The molecule has 0 aromatic heterocycles. The molecular weight excluding hydrogens is 376 g/mol.